The van der Waals surface area contributed by atoms with Crippen LogP contribution in [0.5, 0.6) is 0 Å². The molecular formula is C10H8BrFN2O. The Hall–Kier alpha value is -1.20. The Kier molecular flexibility index (Phi) is 2.83. The molecule has 0 amide bonds. The van der Waals surface area contributed by atoms with Crippen molar-refractivity contribution in [3.8, 4) is 11.5 Å². The SMILES string of the molecule is NCc1coc(-c2ccc(F)cc2Br)n1. The summed E-state index contributed by atoms with van der Waals surface area (Å²) in [5, 5.41) is 0. The van der Waals surface area contributed by atoms with Gasteiger partial charge in [0.15, 0.2) is 0 Å². The molecule has 0 aliphatic heterocycles. The van der Waals surface area contributed by atoms with Crippen LogP contribution in [0, 0.1) is 5.82 Å². The zero-order valence-corrected chi connectivity index (χ0v) is 9.29. The number of benzene rings is 1. The fourth-order valence-corrected chi connectivity index (χ4v) is 1.71. The number of aromatic nitrogens is 1. The van der Waals surface area contributed by atoms with Crippen LogP contribution in [0.4, 0.5) is 4.39 Å². The van der Waals surface area contributed by atoms with Crippen molar-refractivity contribution >= 4 is 15.9 Å². The van der Waals surface area contributed by atoms with Gasteiger partial charge in [-0.25, -0.2) is 9.37 Å². The maximum absolute atomic E-state index is 12.8. The van der Waals surface area contributed by atoms with Crippen LogP contribution in [0.3, 0.4) is 0 Å². The van der Waals surface area contributed by atoms with Gasteiger partial charge in [0.1, 0.15) is 12.1 Å². The van der Waals surface area contributed by atoms with E-state index in [0.717, 1.165) is 0 Å². The van der Waals surface area contributed by atoms with Crippen molar-refractivity contribution in [3.63, 3.8) is 0 Å². The van der Waals surface area contributed by atoms with Gasteiger partial charge >= 0.3 is 0 Å². The van der Waals surface area contributed by atoms with E-state index < -0.39 is 0 Å². The quantitative estimate of drug-likeness (QED) is 0.913. The number of nitrogens with zero attached hydrogens (tertiary/aromatic N) is 1. The minimum atomic E-state index is -0.309. The smallest absolute Gasteiger partial charge is 0.227 e. The molecule has 0 radical (unpaired) electrons. The Morgan fingerprint density at radius 3 is 2.87 bits per heavy atom. The molecule has 0 unspecified atom stereocenters. The summed E-state index contributed by atoms with van der Waals surface area (Å²) < 4.78 is 18.7. The van der Waals surface area contributed by atoms with Gasteiger partial charge in [-0.2, -0.15) is 0 Å². The third kappa shape index (κ3) is 2.08. The summed E-state index contributed by atoms with van der Waals surface area (Å²) in [6.45, 7) is 0.322. The lowest BCUT2D eigenvalue weighted by Crippen LogP contribution is -1.95. The summed E-state index contributed by atoms with van der Waals surface area (Å²) in [5.74, 6) is 0.124. The first kappa shape index (κ1) is 10.3. The van der Waals surface area contributed by atoms with Crippen LogP contribution in [0.1, 0.15) is 5.69 Å². The highest BCUT2D eigenvalue weighted by Gasteiger charge is 2.10. The Bertz CT molecular complexity index is 484. The van der Waals surface area contributed by atoms with Gasteiger partial charge in [-0.15, -0.1) is 0 Å². The second kappa shape index (κ2) is 4.12. The number of rotatable bonds is 2. The van der Waals surface area contributed by atoms with Crippen LogP contribution in [0.15, 0.2) is 33.4 Å². The Balaban J connectivity index is 2.44. The number of nitrogens with two attached hydrogens (primary N) is 1. The lowest BCUT2D eigenvalue weighted by molar-refractivity contribution is 0.571. The van der Waals surface area contributed by atoms with Gasteiger partial charge in [0.05, 0.1) is 11.3 Å². The highest BCUT2D eigenvalue weighted by atomic mass is 79.9. The molecule has 3 nitrogen and oxygen atoms in total. The van der Waals surface area contributed by atoms with E-state index >= 15 is 0 Å². The molecule has 0 bridgehead atoms. The lowest BCUT2D eigenvalue weighted by Gasteiger charge is -1.98. The average Bonchev–Trinajstić information content (AvgIpc) is 2.66. The van der Waals surface area contributed by atoms with Gasteiger partial charge in [-0.05, 0) is 34.1 Å². The minimum Gasteiger partial charge on any atom is -0.444 e. The molecule has 0 atom stereocenters. The van der Waals surface area contributed by atoms with Crippen LogP contribution in [0.2, 0.25) is 0 Å². The van der Waals surface area contributed by atoms with Gasteiger partial charge in [-0.1, -0.05) is 0 Å². The van der Waals surface area contributed by atoms with Crippen LogP contribution >= 0.6 is 15.9 Å². The molecule has 2 rings (SSSR count). The van der Waals surface area contributed by atoms with Gasteiger partial charge in [-0.3, -0.25) is 0 Å². The lowest BCUT2D eigenvalue weighted by atomic mass is 10.2. The first-order valence-electron chi connectivity index (χ1n) is 4.30. The number of halogens is 2. The van der Waals surface area contributed by atoms with Crippen molar-refractivity contribution < 1.29 is 8.81 Å². The number of hydrogen-bond acceptors (Lipinski definition) is 3. The molecule has 78 valence electrons. The summed E-state index contributed by atoms with van der Waals surface area (Å²) in [4.78, 5) is 4.15. The van der Waals surface area contributed by atoms with Gasteiger partial charge in [0.2, 0.25) is 5.89 Å². The second-order valence-electron chi connectivity index (χ2n) is 2.97. The standard InChI is InChI=1S/C10H8BrFN2O/c11-9-3-6(12)1-2-8(9)10-14-7(4-13)5-15-10/h1-3,5H,4,13H2. The minimum absolute atomic E-state index is 0.309. The van der Waals surface area contributed by atoms with Crippen molar-refractivity contribution in [2.75, 3.05) is 0 Å². The first-order chi connectivity index (χ1) is 7.20. The fourth-order valence-electron chi connectivity index (χ4n) is 1.19. The highest BCUT2D eigenvalue weighted by molar-refractivity contribution is 9.10. The zero-order chi connectivity index (χ0) is 10.8. The van der Waals surface area contributed by atoms with Crippen molar-refractivity contribution in [1.29, 1.82) is 0 Å². The van der Waals surface area contributed by atoms with Crippen LogP contribution in [-0.4, -0.2) is 4.98 Å². The van der Waals surface area contributed by atoms with Gasteiger partial charge < -0.3 is 10.2 Å². The van der Waals surface area contributed by atoms with Crippen LogP contribution in [0.25, 0.3) is 11.5 Å². The van der Waals surface area contributed by atoms with Crippen LogP contribution < -0.4 is 5.73 Å². The van der Waals surface area contributed by atoms with E-state index in [2.05, 4.69) is 20.9 Å². The summed E-state index contributed by atoms with van der Waals surface area (Å²) in [6, 6.07) is 4.32. The molecule has 0 saturated carbocycles. The van der Waals surface area contributed by atoms with Gasteiger partial charge in [0.25, 0.3) is 0 Å². The molecule has 2 aromatic rings. The highest BCUT2D eigenvalue weighted by Crippen LogP contribution is 2.28. The maximum atomic E-state index is 12.8. The summed E-state index contributed by atoms with van der Waals surface area (Å²) in [5.41, 5.74) is 6.78. The predicted molar refractivity (Wildman–Crippen MR) is 57.5 cm³/mol. The van der Waals surface area contributed by atoms with E-state index in [1.165, 1.54) is 18.4 Å². The molecule has 1 aromatic carbocycles. The van der Waals surface area contributed by atoms with E-state index in [0.29, 0.717) is 28.2 Å². The summed E-state index contributed by atoms with van der Waals surface area (Å²) in [6.07, 6.45) is 1.49. The van der Waals surface area contributed by atoms with E-state index in [-0.39, 0.29) is 5.82 Å². The van der Waals surface area contributed by atoms with Crippen molar-refractivity contribution in [3.05, 3.63) is 40.4 Å². The second-order valence-corrected chi connectivity index (χ2v) is 3.83. The number of oxazole rings is 1. The Morgan fingerprint density at radius 2 is 2.27 bits per heavy atom. The molecule has 0 spiro atoms. The van der Waals surface area contributed by atoms with E-state index in [9.17, 15) is 4.39 Å². The zero-order valence-electron chi connectivity index (χ0n) is 7.71. The third-order valence-electron chi connectivity index (χ3n) is 1.92. The molecule has 15 heavy (non-hydrogen) atoms. The maximum Gasteiger partial charge on any atom is 0.227 e. The van der Waals surface area contributed by atoms with Crippen LogP contribution in [-0.2, 0) is 6.54 Å². The normalized spacial score (nSPS) is 10.6. The van der Waals surface area contributed by atoms with E-state index in [4.69, 9.17) is 10.2 Å². The average molecular weight is 271 g/mol. The first-order valence-corrected chi connectivity index (χ1v) is 5.10. The molecular weight excluding hydrogens is 263 g/mol. The predicted octanol–water partition coefficient (Wildman–Crippen LogP) is 2.70. The van der Waals surface area contributed by atoms with Crippen molar-refractivity contribution in [1.82, 2.24) is 4.98 Å². The molecule has 0 saturated heterocycles. The van der Waals surface area contributed by atoms with Crippen molar-refractivity contribution in [2.24, 2.45) is 5.73 Å². The third-order valence-corrected chi connectivity index (χ3v) is 2.58. The molecule has 5 heteroatoms. The largest absolute Gasteiger partial charge is 0.444 e. The molecule has 0 aliphatic carbocycles. The fraction of sp³-hybridized carbons (Fsp3) is 0.100. The molecule has 0 aliphatic rings. The Morgan fingerprint density at radius 1 is 1.47 bits per heavy atom. The molecule has 0 fully saturated rings. The molecule has 1 heterocycles. The number of hydrogen-bond donors (Lipinski definition) is 1. The van der Waals surface area contributed by atoms with Gasteiger partial charge in [0, 0.05) is 11.0 Å². The summed E-state index contributed by atoms with van der Waals surface area (Å²) >= 11 is 3.24. The molecule has 2 N–H and O–H groups in total. The summed E-state index contributed by atoms with van der Waals surface area (Å²) in [7, 11) is 0. The molecule has 1 aromatic heterocycles. The van der Waals surface area contributed by atoms with E-state index in [1.807, 2.05) is 0 Å². The topological polar surface area (TPSA) is 52.0 Å². The van der Waals surface area contributed by atoms with E-state index in [1.54, 1.807) is 6.07 Å². The monoisotopic (exact) mass is 270 g/mol. The Labute approximate surface area is 94.2 Å². The van der Waals surface area contributed by atoms with Crippen molar-refractivity contribution in [2.45, 2.75) is 6.54 Å².